The Balaban J connectivity index is 2.25. The second-order valence-electron chi connectivity index (χ2n) is 8.44. The summed E-state index contributed by atoms with van der Waals surface area (Å²) in [4.78, 5) is 0. The Bertz CT molecular complexity index is 1010. The van der Waals surface area contributed by atoms with Crippen LogP contribution >= 0.6 is 0 Å². The van der Waals surface area contributed by atoms with Gasteiger partial charge in [0, 0.05) is 19.6 Å². The van der Waals surface area contributed by atoms with Crippen molar-refractivity contribution in [2.45, 2.75) is 45.8 Å². The smallest absolute Gasteiger partial charge is 0.201 e. The molecule has 2 aromatic carbocycles. The van der Waals surface area contributed by atoms with Crippen LogP contribution in [0.1, 0.15) is 32.3 Å². The number of aryl methyl sites for hydroxylation is 2. The topological polar surface area (TPSA) is 3.88 Å². The highest BCUT2D eigenvalue weighted by atomic mass is 28.3. The SMILES string of the molecule is [2H]C([2H])(c1cc(-c2ccccc2C)[n+](C)cc1[Si](C)(C)C)C(C)c1ccccc1. The normalized spacial score (nSPS) is 14.4. The summed E-state index contributed by atoms with van der Waals surface area (Å²) in [6.45, 7) is 11.0. The molecule has 0 bridgehead atoms. The second kappa shape index (κ2) is 7.81. The molecule has 0 spiro atoms. The van der Waals surface area contributed by atoms with Crippen molar-refractivity contribution < 1.29 is 7.31 Å². The molecular formula is C25H32NSi+. The molecule has 0 saturated carbocycles. The lowest BCUT2D eigenvalue weighted by Gasteiger charge is -2.22. The number of hydrogen-bond acceptors (Lipinski definition) is 0. The Kier molecular flexibility index (Phi) is 4.90. The van der Waals surface area contributed by atoms with E-state index < -0.39 is 14.4 Å². The van der Waals surface area contributed by atoms with Gasteiger partial charge in [-0.3, -0.25) is 0 Å². The highest BCUT2D eigenvalue weighted by Gasteiger charge is 2.27. The maximum Gasteiger partial charge on any atom is 0.212 e. The fourth-order valence-corrected chi connectivity index (χ4v) is 5.09. The van der Waals surface area contributed by atoms with E-state index in [0.717, 1.165) is 22.4 Å². The largest absolute Gasteiger partial charge is 0.212 e. The summed E-state index contributed by atoms with van der Waals surface area (Å²) >= 11 is 0. The molecule has 3 rings (SSSR count). The maximum absolute atomic E-state index is 9.19. The Morgan fingerprint density at radius 3 is 2.26 bits per heavy atom. The van der Waals surface area contributed by atoms with Crippen molar-refractivity contribution in [1.29, 1.82) is 0 Å². The summed E-state index contributed by atoms with van der Waals surface area (Å²) in [7, 11) is 0.311. The molecule has 1 nitrogen and oxygen atoms in total. The van der Waals surface area contributed by atoms with E-state index in [0.29, 0.717) is 0 Å². The molecule has 0 aliphatic heterocycles. The number of benzene rings is 2. The lowest BCUT2D eigenvalue weighted by atomic mass is 9.93. The molecule has 3 aromatic rings. The predicted octanol–water partition coefficient (Wildman–Crippen LogP) is 5.38. The van der Waals surface area contributed by atoms with E-state index in [9.17, 15) is 2.74 Å². The van der Waals surface area contributed by atoms with Gasteiger partial charge in [0.05, 0.1) is 8.07 Å². The van der Waals surface area contributed by atoms with E-state index in [4.69, 9.17) is 0 Å². The van der Waals surface area contributed by atoms with Crippen LogP contribution in [0.25, 0.3) is 11.3 Å². The predicted molar refractivity (Wildman–Crippen MR) is 119 cm³/mol. The van der Waals surface area contributed by atoms with Gasteiger partial charge in [-0.05, 0) is 42.0 Å². The van der Waals surface area contributed by atoms with Crippen LogP contribution in [0, 0.1) is 6.92 Å². The quantitative estimate of drug-likeness (QED) is 0.416. The molecule has 0 radical (unpaired) electrons. The zero-order chi connectivity index (χ0) is 21.4. The first-order valence-electron chi connectivity index (χ1n) is 10.7. The van der Waals surface area contributed by atoms with Crippen LogP contribution < -0.4 is 9.75 Å². The monoisotopic (exact) mass is 376 g/mol. The molecule has 1 unspecified atom stereocenters. The van der Waals surface area contributed by atoms with E-state index in [-0.39, 0.29) is 5.92 Å². The van der Waals surface area contributed by atoms with Crippen molar-refractivity contribution in [2.24, 2.45) is 7.05 Å². The van der Waals surface area contributed by atoms with Gasteiger partial charge in [0.15, 0.2) is 6.20 Å². The molecular weight excluding hydrogens is 342 g/mol. The first-order valence-corrected chi connectivity index (χ1v) is 13.2. The maximum atomic E-state index is 9.19. The van der Waals surface area contributed by atoms with Crippen molar-refractivity contribution in [3.63, 3.8) is 0 Å². The van der Waals surface area contributed by atoms with Gasteiger partial charge in [0.2, 0.25) is 5.69 Å². The third kappa shape index (κ3) is 4.39. The summed E-state index contributed by atoms with van der Waals surface area (Å²) in [6.07, 6.45) is 0.710. The van der Waals surface area contributed by atoms with Gasteiger partial charge in [-0.15, -0.1) is 0 Å². The van der Waals surface area contributed by atoms with Crippen molar-refractivity contribution in [2.75, 3.05) is 0 Å². The summed E-state index contributed by atoms with van der Waals surface area (Å²) in [5, 5.41) is 1.19. The highest BCUT2D eigenvalue weighted by Crippen LogP contribution is 2.25. The van der Waals surface area contributed by atoms with E-state index in [1.54, 1.807) is 0 Å². The van der Waals surface area contributed by atoms with Gasteiger partial charge in [-0.25, -0.2) is 4.57 Å². The fraction of sp³-hybridized carbons (Fsp3) is 0.320. The number of pyridine rings is 1. The molecule has 0 aliphatic carbocycles. The molecule has 1 heterocycles. The first kappa shape index (κ1) is 16.9. The number of nitrogens with zero attached hydrogens (tertiary/aromatic N) is 1. The molecule has 0 aliphatic rings. The zero-order valence-corrected chi connectivity index (χ0v) is 18.4. The van der Waals surface area contributed by atoms with Gasteiger partial charge in [-0.1, -0.05) is 75.1 Å². The Hall–Kier alpha value is -2.19. The van der Waals surface area contributed by atoms with Crippen LogP contribution in [-0.4, -0.2) is 8.07 Å². The van der Waals surface area contributed by atoms with Gasteiger partial charge in [-0.2, -0.15) is 0 Å². The van der Waals surface area contributed by atoms with Crippen molar-refractivity contribution >= 4 is 13.3 Å². The van der Waals surface area contributed by atoms with E-state index in [2.05, 4.69) is 68.6 Å². The first-order chi connectivity index (χ1) is 13.5. The molecule has 0 N–H and O–H groups in total. The molecule has 0 saturated heterocycles. The number of aromatic nitrogens is 1. The number of rotatable bonds is 5. The van der Waals surface area contributed by atoms with Crippen LogP contribution in [0.4, 0.5) is 0 Å². The average Bonchev–Trinajstić information content (AvgIpc) is 2.67. The lowest BCUT2D eigenvalue weighted by Crippen LogP contribution is -2.47. The summed E-state index contributed by atoms with van der Waals surface area (Å²) in [6, 6.07) is 20.5. The van der Waals surface area contributed by atoms with E-state index in [1.165, 1.54) is 10.8 Å². The highest BCUT2D eigenvalue weighted by molar-refractivity contribution is 6.88. The van der Waals surface area contributed by atoms with Crippen LogP contribution in [0.2, 0.25) is 19.6 Å². The molecule has 0 fully saturated rings. The van der Waals surface area contributed by atoms with Crippen molar-refractivity contribution in [1.82, 2.24) is 0 Å². The molecule has 1 atom stereocenters. The second-order valence-corrected chi connectivity index (χ2v) is 13.5. The van der Waals surface area contributed by atoms with Crippen molar-refractivity contribution in [3.8, 4) is 11.3 Å². The average molecular weight is 377 g/mol. The molecule has 0 amide bonds. The van der Waals surface area contributed by atoms with Crippen molar-refractivity contribution in [3.05, 3.63) is 83.6 Å². The van der Waals surface area contributed by atoms with Crippen LogP contribution in [0.3, 0.4) is 0 Å². The lowest BCUT2D eigenvalue weighted by molar-refractivity contribution is -0.659. The molecule has 2 heteroatoms. The van der Waals surface area contributed by atoms with Crippen LogP contribution in [-0.2, 0) is 13.4 Å². The Labute approximate surface area is 168 Å². The number of hydrogen-bond donors (Lipinski definition) is 0. The fourth-order valence-electron chi connectivity index (χ4n) is 3.55. The molecule has 140 valence electrons. The van der Waals surface area contributed by atoms with Gasteiger partial charge in [0.1, 0.15) is 7.05 Å². The van der Waals surface area contributed by atoms with Gasteiger partial charge < -0.3 is 0 Å². The zero-order valence-electron chi connectivity index (χ0n) is 19.4. The Morgan fingerprint density at radius 2 is 1.63 bits per heavy atom. The van der Waals surface area contributed by atoms with Gasteiger partial charge in [0.25, 0.3) is 0 Å². The standard InChI is InChI=1S/C25H32NSi/c1-19-12-10-11-15-23(19)24-17-22(25(18-26(24)3)27(4,5)6)16-20(2)21-13-8-7-9-14-21/h7-15,17-18,20H,16H2,1-6H3/q+1/i16D2. The molecule has 27 heavy (non-hydrogen) atoms. The summed E-state index contributed by atoms with van der Waals surface area (Å²) < 4.78 is 20.6. The summed E-state index contributed by atoms with van der Waals surface area (Å²) in [5.41, 5.74) is 5.28. The van der Waals surface area contributed by atoms with E-state index in [1.807, 2.05) is 43.3 Å². The van der Waals surface area contributed by atoms with E-state index >= 15 is 0 Å². The minimum Gasteiger partial charge on any atom is -0.201 e. The minimum absolute atomic E-state index is 0.240. The minimum atomic E-state index is -1.76. The molecule has 1 aromatic heterocycles. The van der Waals surface area contributed by atoms with Gasteiger partial charge >= 0.3 is 0 Å². The third-order valence-corrected chi connectivity index (χ3v) is 7.19. The van der Waals surface area contributed by atoms with Crippen LogP contribution in [0.15, 0.2) is 66.9 Å². The third-order valence-electron chi connectivity index (χ3n) is 5.17. The Morgan fingerprint density at radius 1 is 1.00 bits per heavy atom. The summed E-state index contributed by atoms with van der Waals surface area (Å²) in [5.74, 6) is -0.240. The van der Waals surface area contributed by atoms with Crippen LogP contribution in [0.5, 0.6) is 0 Å².